The van der Waals surface area contributed by atoms with Crippen LogP contribution in [-0.2, 0) is 24.4 Å². The van der Waals surface area contributed by atoms with Gasteiger partial charge in [-0.25, -0.2) is 8.42 Å². The summed E-state index contributed by atoms with van der Waals surface area (Å²) in [6, 6.07) is 2.65. The van der Waals surface area contributed by atoms with Crippen molar-refractivity contribution in [3.05, 3.63) is 18.2 Å². The third-order valence-corrected chi connectivity index (χ3v) is 6.73. The third kappa shape index (κ3) is 4.41. The molecule has 2 aliphatic rings. The topological polar surface area (TPSA) is 139 Å². The minimum absolute atomic E-state index is 0.0305. The largest absolute Gasteiger partial charge is 0.493 e. The lowest BCUT2D eigenvalue weighted by Gasteiger charge is -2.29. The molecule has 10 nitrogen and oxygen atoms in total. The molecule has 11 heteroatoms. The molecule has 2 saturated heterocycles. The standard InChI is InChI=1S/C19H26N4O6S/c1-29-17-13(23-12-3-2-9-15(23)24)7-6-8-14(17)30(27,28)21-16(18(20)25)19(26)22-10-4-5-11-22/h6-8,16,21H,2-5,9-12H2,1H3,(H2,20,25)/t16-/m0/s1. The van der Waals surface area contributed by atoms with Gasteiger partial charge in [-0.1, -0.05) is 6.07 Å². The summed E-state index contributed by atoms with van der Waals surface area (Å²) in [7, 11) is -3.06. The molecule has 0 unspecified atom stereocenters. The zero-order valence-electron chi connectivity index (χ0n) is 16.8. The maximum Gasteiger partial charge on any atom is 0.250 e. The molecule has 3 N–H and O–H groups in total. The van der Waals surface area contributed by atoms with E-state index < -0.39 is 27.9 Å². The normalized spacial score (nSPS) is 18.4. The Morgan fingerprint density at radius 2 is 1.80 bits per heavy atom. The van der Waals surface area contributed by atoms with E-state index in [1.807, 2.05) is 0 Å². The Hall–Kier alpha value is -2.66. The summed E-state index contributed by atoms with van der Waals surface area (Å²) in [5.41, 5.74) is 5.65. The van der Waals surface area contributed by atoms with E-state index in [9.17, 15) is 22.8 Å². The number of benzene rings is 1. The minimum atomic E-state index is -4.36. The van der Waals surface area contributed by atoms with Crippen molar-refractivity contribution in [3.8, 4) is 5.75 Å². The highest BCUT2D eigenvalue weighted by molar-refractivity contribution is 7.89. The number of nitrogens with zero attached hydrogens (tertiary/aromatic N) is 2. The van der Waals surface area contributed by atoms with Crippen LogP contribution in [0.5, 0.6) is 5.75 Å². The number of likely N-dealkylation sites (tertiary alicyclic amines) is 1. The number of sulfonamides is 1. The Kier molecular flexibility index (Phi) is 6.61. The van der Waals surface area contributed by atoms with Crippen LogP contribution in [-0.4, -0.2) is 63.8 Å². The number of rotatable bonds is 7. The Morgan fingerprint density at radius 1 is 1.13 bits per heavy atom. The highest BCUT2D eigenvalue weighted by Gasteiger charge is 2.36. The van der Waals surface area contributed by atoms with Crippen molar-refractivity contribution >= 4 is 33.4 Å². The molecule has 2 heterocycles. The van der Waals surface area contributed by atoms with Crippen molar-refractivity contribution in [2.24, 2.45) is 5.73 Å². The van der Waals surface area contributed by atoms with E-state index in [0.29, 0.717) is 31.7 Å². The van der Waals surface area contributed by atoms with Gasteiger partial charge in [0.25, 0.3) is 0 Å². The molecule has 30 heavy (non-hydrogen) atoms. The molecule has 1 atom stereocenters. The molecule has 0 aliphatic carbocycles. The summed E-state index contributed by atoms with van der Waals surface area (Å²) in [5.74, 6) is -1.92. The first-order chi connectivity index (χ1) is 14.3. The number of ether oxygens (including phenoxy) is 1. The minimum Gasteiger partial charge on any atom is -0.493 e. The summed E-state index contributed by atoms with van der Waals surface area (Å²) >= 11 is 0. The van der Waals surface area contributed by atoms with E-state index in [0.717, 1.165) is 25.7 Å². The number of hydrogen-bond acceptors (Lipinski definition) is 6. The number of carbonyl (C=O) groups excluding carboxylic acids is 3. The predicted octanol–water partition coefficient (Wildman–Crippen LogP) is -0.0333. The second-order valence-electron chi connectivity index (χ2n) is 7.30. The van der Waals surface area contributed by atoms with Crippen molar-refractivity contribution in [2.75, 3.05) is 31.6 Å². The zero-order valence-corrected chi connectivity index (χ0v) is 17.6. The number of nitrogens with one attached hydrogen (secondary N) is 1. The van der Waals surface area contributed by atoms with Crippen LogP contribution in [0.15, 0.2) is 23.1 Å². The quantitative estimate of drug-likeness (QED) is 0.573. The van der Waals surface area contributed by atoms with Crippen molar-refractivity contribution in [2.45, 2.75) is 43.0 Å². The van der Waals surface area contributed by atoms with Gasteiger partial charge < -0.3 is 20.3 Å². The Morgan fingerprint density at radius 3 is 2.40 bits per heavy atom. The highest BCUT2D eigenvalue weighted by Crippen LogP contribution is 2.36. The van der Waals surface area contributed by atoms with E-state index in [2.05, 4.69) is 4.72 Å². The van der Waals surface area contributed by atoms with Crippen LogP contribution in [0.1, 0.15) is 32.1 Å². The first-order valence-electron chi connectivity index (χ1n) is 9.84. The predicted molar refractivity (Wildman–Crippen MR) is 108 cm³/mol. The Balaban J connectivity index is 1.94. The van der Waals surface area contributed by atoms with Crippen LogP contribution in [0, 0.1) is 0 Å². The fourth-order valence-electron chi connectivity index (χ4n) is 3.76. The second-order valence-corrected chi connectivity index (χ2v) is 8.98. The average Bonchev–Trinajstić information content (AvgIpc) is 3.26. The number of amides is 3. The molecule has 2 aliphatic heterocycles. The molecule has 3 amide bonds. The molecule has 0 saturated carbocycles. The van der Waals surface area contributed by atoms with Gasteiger partial charge in [-0.3, -0.25) is 14.4 Å². The first kappa shape index (κ1) is 22.0. The molecule has 0 spiro atoms. The lowest BCUT2D eigenvalue weighted by Crippen LogP contribution is -2.54. The van der Waals surface area contributed by atoms with Gasteiger partial charge in [0.05, 0.1) is 12.8 Å². The molecule has 0 aromatic heterocycles. The zero-order chi connectivity index (χ0) is 21.9. The third-order valence-electron chi connectivity index (χ3n) is 5.29. The second kappa shape index (κ2) is 9.00. The smallest absolute Gasteiger partial charge is 0.250 e. The SMILES string of the molecule is COc1c(N2CCCCC2=O)cccc1S(=O)(=O)N[C@@H](C(N)=O)C(=O)N1CCCC1. The number of para-hydroxylation sites is 1. The van der Waals surface area contributed by atoms with E-state index in [-0.39, 0.29) is 16.6 Å². The summed E-state index contributed by atoms with van der Waals surface area (Å²) in [4.78, 5) is 39.5. The molecule has 0 bridgehead atoms. The summed E-state index contributed by atoms with van der Waals surface area (Å²) in [5, 5.41) is 0. The van der Waals surface area contributed by atoms with Crippen LogP contribution in [0.25, 0.3) is 0 Å². The molecule has 3 rings (SSSR count). The fraction of sp³-hybridized carbons (Fsp3) is 0.526. The first-order valence-corrected chi connectivity index (χ1v) is 11.3. The number of anilines is 1. The molecule has 0 radical (unpaired) electrons. The summed E-state index contributed by atoms with van der Waals surface area (Å²) in [6.45, 7) is 1.34. The number of carbonyl (C=O) groups is 3. The van der Waals surface area contributed by atoms with E-state index in [1.165, 1.54) is 29.0 Å². The molecular weight excluding hydrogens is 412 g/mol. The molecule has 1 aromatic rings. The maximum absolute atomic E-state index is 13.1. The summed E-state index contributed by atoms with van der Waals surface area (Å²) in [6.07, 6.45) is 3.49. The molecule has 1 aromatic carbocycles. The molecular formula is C19H26N4O6S. The van der Waals surface area contributed by atoms with Crippen LogP contribution < -0.4 is 20.1 Å². The van der Waals surface area contributed by atoms with Gasteiger partial charge >= 0.3 is 0 Å². The van der Waals surface area contributed by atoms with Gasteiger partial charge in [-0.15, -0.1) is 0 Å². The number of primary amides is 1. The van der Waals surface area contributed by atoms with Gasteiger partial charge in [0, 0.05) is 26.1 Å². The fourth-order valence-corrected chi connectivity index (χ4v) is 5.11. The average molecular weight is 439 g/mol. The Labute approximate surface area is 175 Å². The highest BCUT2D eigenvalue weighted by atomic mass is 32.2. The van der Waals surface area contributed by atoms with Crippen molar-refractivity contribution in [1.29, 1.82) is 0 Å². The van der Waals surface area contributed by atoms with Gasteiger partial charge in [-0.05, 0) is 37.8 Å². The monoisotopic (exact) mass is 438 g/mol. The van der Waals surface area contributed by atoms with Gasteiger partial charge in [-0.2, -0.15) is 4.72 Å². The summed E-state index contributed by atoms with van der Waals surface area (Å²) < 4.78 is 33.6. The van der Waals surface area contributed by atoms with E-state index in [1.54, 1.807) is 6.07 Å². The molecule has 164 valence electrons. The van der Waals surface area contributed by atoms with Crippen LogP contribution in [0.2, 0.25) is 0 Å². The van der Waals surface area contributed by atoms with Crippen LogP contribution in [0.4, 0.5) is 5.69 Å². The molecule has 2 fully saturated rings. The van der Waals surface area contributed by atoms with Gasteiger partial charge in [0.2, 0.25) is 27.7 Å². The maximum atomic E-state index is 13.1. The Bertz CT molecular complexity index is 942. The van der Waals surface area contributed by atoms with E-state index >= 15 is 0 Å². The van der Waals surface area contributed by atoms with Gasteiger partial charge in [0.15, 0.2) is 11.8 Å². The van der Waals surface area contributed by atoms with Crippen LogP contribution >= 0.6 is 0 Å². The number of hydrogen-bond donors (Lipinski definition) is 2. The van der Waals surface area contributed by atoms with Crippen LogP contribution in [0.3, 0.4) is 0 Å². The van der Waals surface area contributed by atoms with Gasteiger partial charge in [0.1, 0.15) is 4.90 Å². The van der Waals surface area contributed by atoms with Crippen molar-refractivity contribution < 1.29 is 27.5 Å². The number of nitrogens with two attached hydrogens (primary N) is 1. The van der Waals surface area contributed by atoms with Crippen molar-refractivity contribution in [3.63, 3.8) is 0 Å². The lowest BCUT2D eigenvalue weighted by atomic mass is 10.1. The number of piperidine rings is 1. The van der Waals surface area contributed by atoms with E-state index in [4.69, 9.17) is 10.5 Å². The van der Waals surface area contributed by atoms with Crippen molar-refractivity contribution in [1.82, 2.24) is 9.62 Å². The number of methoxy groups -OCH3 is 1. The lowest BCUT2D eigenvalue weighted by molar-refractivity contribution is -0.136.